The fourth-order valence-corrected chi connectivity index (χ4v) is 7.25. The van der Waals surface area contributed by atoms with Crippen molar-refractivity contribution in [2.24, 2.45) is 0 Å². The van der Waals surface area contributed by atoms with Gasteiger partial charge in [0.2, 0.25) is 0 Å². The molecule has 1 aliphatic rings. The Bertz CT molecular complexity index is 2870. The molecule has 2 heteroatoms. The van der Waals surface area contributed by atoms with Crippen molar-refractivity contribution in [1.29, 1.82) is 0 Å². The molecule has 0 fully saturated rings. The average molecular weight is 649 g/mol. The zero-order valence-corrected chi connectivity index (χ0v) is 29.3. The maximum absolute atomic E-state index is 9.86. The second kappa shape index (κ2) is 11.0. The third-order valence-corrected chi connectivity index (χ3v) is 9.90. The van der Waals surface area contributed by atoms with Gasteiger partial charge in [-0.25, -0.2) is 0 Å². The largest absolute Gasteiger partial charge is 0.456 e. The van der Waals surface area contributed by atoms with E-state index >= 15 is 0 Å². The Balaban J connectivity index is 1.54. The highest BCUT2D eigenvalue weighted by Gasteiger charge is 2.36. The van der Waals surface area contributed by atoms with Gasteiger partial charge in [0.05, 0.1) is 23.4 Å². The van der Waals surface area contributed by atoms with Gasteiger partial charge < -0.3 is 9.32 Å². The smallest absolute Gasteiger partial charge is 0.139 e. The first-order valence-corrected chi connectivity index (χ1v) is 16.8. The zero-order valence-electron chi connectivity index (χ0n) is 38.3. The molecule has 2 nitrogen and oxygen atoms in total. The van der Waals surface area contributed by atoms with Gasteiger partial charge in [0, 0.05) is 27.7 Å². The van der Waals surface area contributed by atoms with E-state index in [4.69, 9.17) is 14.0 Å². The lowest BCUT2D eigenvalue weighted by molar-refractivity contribution is 0.559. The lowest BCUT2D eigenvalue weighted by Gasteiger charge is -2.29. The average Bonchev–Trinajstić information content (AvgIpc) is 3.66. The second-order valence-electron chi connectivity index (χ2n) is 15.6. The third kappa shape index (κ3) is 5.08. The van der Waals surface area contributed by atoms with Crippen molar-refractivity contribution in [3.8, 4) is 22.3 Å². The first-order valence-electron chi connectivity index (χ1n) is 21.3. The third-order valence-electron chi connectivity index (χ3n) is 9.90. The van der Waals surface area contributed by atoms with Gasteiger partial charge in [0.15, 0.2) is 0 Å². The summed E-state index contributed by atoms with van der Waals surface area (Å²) in [6.45, 7) is 17.3. The van der Waals surface area contributed by atoms with Crippen LogP contribution in [-0.4, -0.2) is 0 Å². The van der Waals surface area contributed by atoms with Gasteiger partial charge in [-0.05, 0) is 92.2 Å². The normalized spacial score (nSPS) is 16.4. The molecule has 0 atom stereocenters. The van der Waals surface area contributed by atoms with Crippen LogP contribution in [-0.2, 0) is 16.2 Å². The summed E-state index contributed by atoms with van der Waals surface area (Å²) < 4.78 is 87.1. The summed E-state index contributed by atoms with van der Waals surface area (Å²) in [5.74, 6) is 0. The minimum absolute atomic E-state index is 0.0686. The minimum atomic E-state index is -0.617. The highest BCUT2D eigenvalue weighted by molar-refractivity contribution is 6.14. The van der Waals surface area contributed by atoms with Crippen molar-refractivity contribution in [2.75, 3.05) is 4.90 Å². The van der Waals surface area contributed by atoms with Gasteiger partial charge in [-0.3, -0.25) is 0 Å². The molecule has 0 N–H and O–H groups in total. The van der Waals surface area contributed by atoms with Gasteiger partial charge in [-0.15, -0.1) is 0 Å². The standard InChI is InChI=1S/C47H45NO/c1-45(2,3)32-27-37-43-41(22-15-23-42(43)49-44(37)40(28-32)46(4,5)6)48(33-19-14-18-31(26-33)30-16-10-9-11-17-30)34-24-25-36-35-20-12-13-21-38(35)47(7,8)39(36)29-34/h9-29H,1-8H3/i9D,10D,11D,14D,16D,17D,18D,19D,26D. The Morgan fingerprint density at radius 1 is 0.653 bits per heavy atom. The number of hydrogen-bond donors (Lipinski definition) is 0. The number of nitrogens with zero attached hydrogens (tertiary/aromatic N) is 1. The zero-order chi connectivity index (χ0) is 42.1. The van der Waals surface area contributed by atoms with E-state index in [1.54, 1.807) is 4.90 Å². The summed E-state index contributed by atoms with van der Waals surface area (Å²) in [7, 11) is 0. The number of hydrogen-bond acceptors (Lipinski definition) is 2. The van der Waals surface area contributed by atoms with E-state index in [1.807, 2.05) is 42.5 Å². The van der Waals surface area contributed by atoms with Gasteiger partial charge in [-0.2, -0.15) is 0 Å². The summed E-state index contributed by atoms with van der Waals surface area (Å²) in [5.41, 5.74) is 7.24. The number of benzene rings is 6. The highest BCUT2D eigenvalue weighted by atomic mass is 16.3. The second-order valence-corrected chi connectivity index (χ2v) is 15.6. The molecule has 0 saturated heterocycles. The number of anilines is 3. The molecule has 8 rings (SSSR count). The fraction of sp³-hybridized carbons (Fsp3) is 0.234. The Morgan fingerprint density at radius 2 is 1.39 bits per heavy atom. The molecular formula is C47H45NO. The molecule has 0 bridgehead atoms. The Morgan fingerprint density at radius 3 is 2.14 bits per heavy atom. The van der Waals surface area contributed by atoms with E-state index in [2.05, 4.69) is 85.7 Å². The minimum Gasteiger partial charge on any atom is -0.456 e. The molecule has 0 radical (unpaired) electrons. The predicted molar refractivity (Wildman–Crippen MR) is 209 cm³/mol. The molecule has 244 valence electrons. The lowest BCUT2D eigenvalue weighted by Crippen LogP contribution is -2.17. The summed E-state index contributed by atoms with van der Waals surface area (Å²) in [6, 6.07) is 19.3. The van der Waals surface area contributed by atoms with E-state index in [0.717, 1.165) is 38.6 Å². The van der Waals surface area contributed by atoms with E-state index in [-0.39, 0.29) is 27.6 Å². The van der Waals surface area contributed by atoms with Crippen LogP contribution >= 0.6 is 0 Å². The Labute approximate surface area is 303 Å². The molecule has 0 spiro atoms. The van der Waals surface area contributed by atoms with Crippen LogP contribution in [0.1, 0.15) is 90.0 Å². The molecule has 6 aromatic carbocycles. The van der Waals surface area contributed by atoms with E-state index in [9.17, 15) is 2.74 Å². The van der Waals surface area contributed by atoms with Crippen LogP contribution in [0.4, 0.5) is 17.1 Å². The SMILES string of the molecule is [2H]c1c([2H])c([2H])c(-c2c([2H])c([2H])c([2H])c(N(c3ccc4c(c3)C(C)(C)c3ccccc3-4)c3cccc4oc5c(C(C)(C)C)cc(C(C)(C)C)cc5c34)c2[2H])c([2H])c1[2H]. The number of furan rings is 1. The molecule has 1 aliphatic carbocycles. The molecular weight excluding hydrogens is 595 g/mol. The predicted octanol–water partition coefficient (Wildman–Crippen LogP) is 13.6. The van der Waals surface area contributed by atoms with Gasteiger partial charge in [0.1, 0.15) is 11.2 Å². The van der Waals surface area contributed by atoms with E-state index in [0.29, 0.717) is 22.5 Å². The first kappa shape index (κ1) is 22.5. The summed E-state index contributed by atoms with van der Waals surface area (Å²) in [5, 5.41) is 1.57. The van der Waals surface area contributed by atoms with E-state index < -0.39 is 59.8 Å². The van der Waals surface area contributed by atoms with Gasteiger partial charge in [-0.1, -0.05) is 140 Å². The van der Waals surface area contributed by atoms with Crippen LogP contribution < -0.4 is 4.90 Å². The van der Waals surface area contributed by atoms with Gasteiger partial charge in [0.25, 0.3) is 0 Å². The topological polar surface area (TPSA) is 16.4 Å². The number of rotatable bonds is 4. The van der Waals surface area contributed by atoms with Crippen molar-refractivity contribution in [1.82, 2.24) is 0 Å². The lowest BCUT2D eigenvalue weighted by atomic mass is 9.79. The van der Waals surface area contributed by atoms with Crippen LogP contribution in [0.25, 0.3) is 44.2 Å². The van der Waals surface area contributed by atoms with Crippen LogP contribution in [0, 0.1) is 0 Å². The summed E-state index contributed by atoms with van der Waals surface area (Å²) in [4.78, 5) is 1.76. The van der Waals surface area contributed by atoms with Gasteiger partial charge >= 0.3 is 0 Å². The Hall–Kier alpha value is -5.08. The molecule has 7 aromatic rings. The fourth-order valence-electron chi connectivity index (χ4n) is 7.25. The summed E-state index contributed by atoms with van der Waals surface area (Å²) in [6.07, 6.45) is 0. The maximum Gasteiger partial charge on any atom is 0.139 e. The van der Waals surface area contributed by atoms with Crippen molar-refractivity contribution < 1.29 is 16.8 Å². The maximum atomic E-state index is 9.86. The molecule has 1 aromatic heterocycles. The number of fused-ring (bicyclic) bond motifs is 6. The van der Waals surface area contributed by atoms with Crippen molar-refractivity contribution >= 4 is 39.0 Å². The molecule has 1 heterocycles. The molecule has 0 saturated carbocycles. The van der Waals surface area contributed by atoms with Crippen LogP contribution in [0.2, 0.25) is 0 Å². The quantitative estimate of drug-likeness (QED) is 0.189. The Kier molecular flexibility index (Phi) is 5.04. The van der Waals surface area contributed by atoms with Crippen LogP contribution in [0.3, 0.4) is 0 Å². The van der Waals surface area contributed by atoms with Crippen LogP contribution in [0.15, 0.2) is 132 Å². The van der Waals surface area contributed by atoms with Crippen LogP contribution in [0.5, 0.6) is 0 Å². The van der Waals surface area contributed by atoms with Crippen molar-refractivity contribution in [3.63, 3.8) is 0 Å². The molecule has 0 aliphatic heterocycles. The van der Waals surface area contributed by atoms with Crippen molar-refractivity contribution in [3.05, 3.63) is 149 Å². The first-order chi connectivity index (χ1) is 27.1. The molecule has 0 unspecified atom stereocenters. The van der Waals surface area contributed by atoms with Crippen molar-refractivity contribution in [2.45, 2.75) is 71.6 Å². The van der Waals surface area contributed by atoms with E-state index in [1.165, 1.54) is 5.56 Å². The monoisotopic (exact) mass is 648 g/mol. The highest BCUT2D eigenvalue weighted by Crippen LogP contribution is 2.52. The summed E-state index contributed by atoms with van der Waals surface area (Å²) >= 11 is 0. The molecule has 49 heavy (non-hydrogen) atoms. The molecule has 0 amide bonds.